The highest BCUT2D eigenvalue weighted by Gasteiger charge is 2.30. The number of anilines is 2. The molecule has 158 valence electrons. The van der Waals surface area contributed by atoms with E-state index in [1.807, 2.05) is 36.4 Å². The number of nitrogens with zero attached hydrogens (tertiary/aromatic N) is 3. The number of nitrogens with one attached hydrogen (secondary N) is 2. The van der Waals surface area contributed by atoms with Gasteiger partial charge < -0.3 is 10.2 Å². The van der Waals surface area contributed by atoms with Crippen LogP contribution in [0.15, 0.2) is 73.1 Å². The summed E-state index contributed by atoms with van der Waals surface area (Å²) in [5.41, 5.74) is 2.81. The molecule has 0 spiro atoms. The minimum atomic E-state index is -0.371. The summed E-state index contributed by atoms with van der Waals surface area (Å²) in [4.78, 5) is 34.9. The summed E-state index contributed by atoms with van der Waals surface area (Å²) in [6.07, 6.45) is 5.77. The van der Waals surface area contributed by atoms with Crippen LogP contribution < -0.4 is 15.5 Å². The molecule has 2 aromatic heterocycles. The van der Waals surface area contributed by atoms with Crippen LogP contribution >= 0.6 is 0 Å². The van der Waals surface area contributed by atoms with Gasteiger partial charge in [0.2, 0.25) is 5.91 Å². The van der Waals surface area contributed by atoms with Gasteiger partial charge in [0, 0.05) is 37.1 Å². The zero-order valence-electron chi connectivity index (χ0n) is 17.2. The van der Waals surface area contributed by atoms with Crippen LogP contribution in [-0.2, 0) is 17.8 Å². The number of hydrogen-bond acceptors (Lipinski definition) is 4. The average molecular weight is 415 g/mol. The third-order valence-corrected chi connectivity index (χ3v) is 5.34. The Morgan fingerprint density at radius 2 is 1.87 bits per heavy atom. The van der Waals surface area contributed by atoms with Crippen molar-refractivity contribution in [1.29, 1.82) is 0 Å². The maximum Gasteiger partial charge on any atom is 0.320 e. The maximum absolute atomic E-state index is 12.6. The molecule has 3 heterocycles. The summed E-state index contributed by atoms with van der Waals surface area (Å²) in [6, 6.07) is 19.0. The second-order valence-electron chi connectivity index (χ2n) is 7.63. The summed E-state index contributed by atoms with van der Waals surface area (Å²) < 4.78 is 0. The van der Waals surface area contributed by atoms with Gasteiger partial charge in [-0.05, 0) is 42.5 Å². The van der Waals surface area contributed by atoms with Crippen molar-refractivity contribution in [3.63, 3.8) is 0 Å². The summed E-state index contributed by atoms with van der Waals surface area (Å²) in [5.74, 6) is 0.824. The number of urea groups is 1. The van der Waals surface area contributed by atoms with Crippen molar-refractivity contribution in [2.45, 2.75) is 25.8 Å². The van der Waals surface area contributed by atoms with Gasteiger partial charge in [0.1, 0.15) is 5.82 Å². The highest BCUT2D eigenvalue weighted by Crippen LogP contribution is 2.28. The van der Waals surface area contributed by atoms with E-state index in [-0.39, 0.29) is 11.9 Å². The monoisotopic (exact) mass is 415 g/mol. The molecule has 1 atom stereocenters. The van der Waals surface area contributed by atoms with Gasteiger partial charge in [-0.1, -0.05) is 36.4 Å². The topological polar surface area (TPSA) is 87.2 Å². The molecule has 0 bridgehead atoms. The first-order valence-electron chi connectivity index (χ1n) is 10.4. The molecule has 1 fully saturated rings. The van der Waals surface area contributed by atoms with Crippen LogP contribution in [0.2, 0.25) is 0 Å². The zero-order valence-corrected chi connectivity index (χ0v) is 17.2. The van der Waals surface area contributed by atoms with E-state index in [1.54, 1.807) is 29.4 Å². The SMILES string of the molecule is O=C(NCc1ccccn1)Nc1cc(N2CC(CCc3ccccc3)CC2=O)ccn1. The van der Waals surface area contributed by atoms with Gasteiger partial charge in [-0.3, -0.25) is 15.1 Å². The fourth-order valence-electron chi connectivity index (χ4n) is 3.73. The standard InChI is InChI=1S/C24H25N5O2/c30-23-14-19(10-9-18-6-2-1-3-7-18)17-29(23)21-11-13-26-22(15-21)28-24(31)27-16-20-8-4-5-12-25-20/h1-8,11-13,15,19H,9-10,14,16-17H2,(H2,26,27,28,31). The molecule has 4 rings (SSSR count). The summed E-state index contributed by atoms with van der Waals surface area (Å²) in [5, 5.41) is 5.47. The normalized spacial score (nSPS) is 15.7. The summed E-state index contributed by atoms with van der Waals surface area (Å²) >= 11 is 0. The number of carbonyl (C=O) groups excluding carboxylic acids is 2. The Labute approximate surface area is 181 Å². The van der Waals surface area contributed by atoms with E-state index in [2.05, 4.69) is 32.7 Å². The highest BCUT2D eigenvalue weighted by molar-refractivity contribution is 5.96. The van der Waals surface area contributed by atoms with Gasteiger partial charge in [-0.25, -0.2) is 9.78 Å². The molecule has 7 heteroatoms. The number of rotatable bonds is 7. The Morgan fingerprint density at radius 3 is 2.68 bits per heavy atom. The lowest BCUT2D eigenvalue weighted by Crippen LogP contribution is -2.29. The number of benzene rings is 1. The average Bonchev–Trinajstić information content (AvgIpc) is 3.18. The fourth-order valence-corrected chi connectivity index (χ4v) is 3.73. The molecule has 3 amide bonds. The van der Waals surface area contributed by atoms with Crippen molar-refractivity contribution in [2.24, 2.45) is 5.92 Å². The van der Waals surface area contributed by atoms with E-state index in [9.17, 15) is 9.59 Å². The molecule has 0 radical (unpaired) electrons. The number of hydrogen-bond donors (Lipinski definition) is 2. The molecule has 1 unspecified atom stereocenters. The van der Waals surface area contributed by atoms with Crippen molar-refractivity contribution in [3.8, 4) is 0 Å². The number of pyridine rings is 2. The van der Waals surface area contributed by atoms with Gasteiger partial charge >= 0.3 is 6.03 Å². The van der Waals surface area contributed by atoms with Gasteiger partial charge in [0.05, 0.1) is 12.2 Å². The van der Waals surface area contributed by atoms with Crippen LogP contribution in [0.5, 0.6) is 0 Å². The number of carbonyl (C=O) groups is 2. The molecule has 3 aromatic rings. The van der Waals surface area contributed by atoms with Crippen molar-refractivity contribution >= 4 is 23.4 Å². The molecule has 1 aliphatic rings. The van der Waals surface area contributed by atoms with Crippen LogP contribution in [0, 0.1) is 5.92 Å². The van der Waals surface area contributed by atoms with E-state index in [0.29, 0.717) is 31.2 Å². The molecule has 1 saturated heterocycles. The van der Waals surface area contributed by atoms with Gasteiger partial charge in [-0.2, -0.15) is 0 Å². The van der Waals surface area contributed by atoms with Crippen LogP contribution in [0.3, 0.4) is 0 Å². The van der Waals surface area contributed by atoms with E-state index >= 15 is 0 Å². The number of aryl methyl sites for hydroxylation is 1. The Morgan fingerprint density at radius 1 is 1.03 bits per heavy atom. The van der Waals surface area contributed by atoms with Crippen LogP contribution in [0.25, 0.3) is 0 Å². The number of amides is 3. The Hall–Kier alpha value is -3.74. The van der Waals surface area contributed by atoms with Crippen LogP contribution in [0.1, 0.15) is 24.1 Å². The molecule has 0 saturated carbocycles. The van der Waals surface area contributed by atoms with E-state index in [0.717, 1.165) is 24.2 Å². The lowest BCUT2D eigenvalue weighted by Gasteiger charge is -2.17. The molecule has 1 aliphatic heterocycles. The Bertz CT molecular complexity index is 1030. The molecule has 31 heavy (non-hydrogen) atoms. The van der Waals surface area contributed by atoms with Crippen LogP contribution in [0.4, 0.5) is 16.3 Å². The second kappa shape index (κ2) is 9.84. The molecule has 7 nitrogen and oxygen atoms in total. The lowest BCUT2D eigenvalue weighted by molar-refractivity contribution is -0.117. The van der Waals surface area contributed by atoms with E-state index in [4.69, 9.17) is 0 Å². The predicted octanol–water partition coefficient (Wildman–Crippen LogP) is 3.78. The lowest BCUT2D eigenvalue weighted by atomic mass is 9.99. The first-order valence-corrected chi connectivity index (χ1v) is 10.4. The molecule has 1 aromatic carbocycles. The second-order valence-corrected chi connectivity index (χ2v) is 7.63. The fraction of sp³-hybridized carbons (Fsp3) is 0.250. The van der Waals surface area contributed by atoms with Gasteiger partial charge in [0.15, 0.2) is 0 Å². The Balaban J connectivity index is 1.32. The van der Waals surface area contributed by atoms with Crippen molar-refractivity contribution in [2.75, 3.05) is 16.8 Å². The van der Waals surface area contributed by atoms with Crippen molar-refractivity contribution in [3.05, 3.63) is 84.3 Å². The molecule has 0 aliphatic carbocycles. The number of aromatic nitrogens is 2. The predicted molar refractivity (Wildman–Crippen MR) is 120 cm³/mol. The molecular weight excluding hydrogens is 390 g/mol. The van der Waals surface area contributed by atoms with Gasteiger partial charge in [-0.15, -0.1) is 0 Å². The summed E-state index contributed by atoms with van der Waals surface area (Å²) in [7, 11) is 0. The molecular formula is C24H25N5O2. The maximum atomic E-state index is 12.6. The zero-order chi connectivity index (χ0) is 21.5. The van der Waals surface area contributed by atoms with Crippen LogP contribution in [-0.4, -0.2) is 28.5 Å². The van der Waals surface area contributed by atoms with Crippen molar-refractivity contribution in [1.82, 2.24) is 15.3 Å². The third-order valence-electron chi connectivity index (χ3n) is 5.34. The Kier molecular flexibility index (Phi) is 6.52. The van der Waals surface area contributed by atoms with E-state index in [1.165, 1.54) is 5.56 Å². The quantitative estimate of drug-likeness (QED) is 0.615. The minimum absolute atomic E-state index is 0.106. The third kappa shape index (κ3) is 5.66. The van der Waals surface area contributed by atoms with Gasteiger partial charge in [0.25, 0.3) is 0 Å². The first-order chi connectivity index (χ1) is 15.2. The largest absolute Gasteiger partial charge is 0.332 e. The smallest absolute Gasteiger partial charge is 0.320 e. The van der Waals surface area contributed by atoms with Crippen molar-refractivity contribution < 1.29 is 9.59 Å². The highest BCUT2D eigenvalue weighted by atomic mass is 16.2. The van der Waals surface area contributed by atoms with E-state index < -0.39 is 0 Å². The molecule has 2 N–H and O–H groups in total. The minimum Gasteiger partial charge on any atom is -0.332 e. The summed E-state index contributed by atoms with van der Waals surface area (Å²) in [6.45, 7) is 1.00. The first kappa shape index (κ1) is 20.5.